The highest BCUT2D eigenvalue weighted by Crippen LogP contribution is 2.18. The zero-order valence-electron chi connectivity index (χ0n) is 18.2. The highest BCUT2D eigenvalue weighted by atomic mass is 32.2. The van der Waals surface area contributed by atoms with E-state index in [9.17, 15) is 18.0 Å². The molecule has 172 valence electrons. The molecule has 3 rings (SSSR count). The van der Waals surface area contributed by atoms with Crippen molar-refractivity contribution >= 4 is 39.2 Å². The SMILES string of the molecule is Cc1cc(C)nc(NS(=O)(=O)c2ccc(NC(=O)C(C)OC(=O)c3cccc(N)c3)cc2)n1. The largest absolute Gasteiger partial charge is 0.449 e. The fourth-order valence-corrected chi connectivity index (χ4v) is 3.80. The van der Waals surface area contributed by atoms with Crippen molar-refractivity contribution in [2.45, 2.75) is 31.8 Å². The molecule has 3 aromatic rings. The number of aryl methyl sites for hydroxylation is 2. The molecule has 0 aliphatic carbocycles. The van der Waals surface area contributed by atoms with E-state index in [1.165, 1.54) is 43.3 Å². The van der Waals surface area contributed by atoms with Crippen molar-refractivity contribution in [3.8, 4) is 0 Å². The van der Waals surface area contributed by atoms with Gasteiger partial charge in [-0.25, -0.2) is 27.9 Å². The first kappa shape index (κ1) is 23.7. The predicted octanol–water partition coefficient (Wildman–Crippen LogP) is 2.66. The van der Waals surface area contributed by atoms with Gasteiger partial charge in [0.2, 0.25) is 5.95 Å². The summed E-state index contributed by atoms with van der Waals surface area (Å²) in [6, 6.07) is 13.4. The van der Waals surface area contributed by atoms with Crippen LogP contribution in [0.1, 0.15) is 28.7 Å². The van der Waals surface area contributed by atoms with E-state index >= 15 is 0 Å². The second-order valence-corrected chi connectivity index (χ2v) is 8.95. The second kappa shape index (κ2) is 9.65. The lowest BCUT2D eigenvalue weighted by molar-refractivity contribution is -0.123. The quantitative estimate of drug-likeness (QED) is 0.352. The maximum atomic E-state index is 12.6. The summed E-state index contributed by atoms with van der Waals surface area (Å²) in [7, 11) is -3.93. The van der Waals surface area contributed by atoms with E-state index in [0.717, 1.165) is 0 Å². The first-order valence-electron chi connectivity index (χ1n) is 9.86. The average molecular weight is 470 g/mol. The molecule has 0 fully saturated rings. The monoisotopic (exact) mass is 469 g/mol. The number of nitrogens with two attached hydrogens (primary N) is 1. The van der Waals surface area contributed by atoms with E-state index in [1.54, 1.807) is 32.0 Å². The van der Waals surface area contributed by atoms with Crippen molar-refractivity contribution in [2.24, 2.45) is 0 Å². The molecule has 0 saturated heterocycles. The number of aromatic nitrogens is 2. The molecule has 0 spiro atoms. The molecular weight excluding hydrogens is 446 g/mol. The maximum Gasteiger partial charge on any atom is 0.338 e. The summed E-state index contributed by atoms with van der Waals surface area (Å²) in [4.78, 5) is 32.6. The van der Waals surface area contributed by atoms with Gasteiger partial charge in [-0.2, -0.15) is 0 Å². The molecule has 1 aromatic heterocycles. The Morgan fingerprint density at radius 2 is 1.64 bits per heavy atom. The minimum Gasteiger partial charge on any atom is -0.449 e. The molecule has 2 aromatic carbocycles. The van der Waals surface area contributed by atoms with Crippen molar-refractivity contribution in [3.05, 3.63) is 71.5 Å². The Labute approximate surface area is 191 Å². The number of ether oxygens (including phenoxy) is 1. The third-order valence-corrected chi connectivity index (χ3v) is 5.76. The van der Waals surface area contributed by atoms with Gasteiger partial charge < -0.3 is 15.8 Å². The number of esters is 1. The van der Waals surface area contributed by atoms with Crippen LogP contribution in [0.25, 0.3) is 0 Å². The number of benzene rings is 2. The molecule has 1 atom stereocenters. The standard InChI is InChI=1S/C22H23N5O5S/c1-13-11-14(2)25-22(24-13)27-33(30,31)19-9-7-18(8-10-19)26-20(28)15(3)32-21(29)16-5-4-6-17(23)12-16/h4-12,15H,23H2,1-3H3,(H,26,28)(H,24,25,27). The molecule has 0 aliphatic rings. The van der Waals surface area contributed by atoms with Crippen LogP contribution in [0.4, 0.5) is 17.3 Å². The first-order chi connectivity index (χ1) is 15.5. The second-order valence-electron chi connectivity index (χ2n) is 7.27. The molecule has 0 radical (unpaired) electrons. The Morgan fingerprint density at radius 1 is 1.00 bits per heavy atom. The fraction of sp³-hybridized carbons (Fsp3) is 0.182. The van der Waals surface area contributed by atoms with Crippen LogP contribution in [0, 0.1) is 13.8 Å². The van der Waals surface area contributed by atoms with Crippen LogP contribution in [0.15, 0.2) is 59.5 Å². The van der Waals surface area contributed by atoms with E-state index in [0.29, 0.717) is 22.8 Å². The van der Waals surface area contributed by atoms with Crippen LogP contribution in [-0.2, 0) is 19.6 Å². The summed E-state index contributed by atoms with van der Waals surface area (Å²) in [5.41, 5.74) is 7.86. The van der Waals surface area contributed by atoms with E-state index in [4.69, 9.17) is 10.5 Å². The number of hydrogen-bond acceptors (Lipinski definition) is 8. The third kappa shape index (κ3) is 6.26. The van der Waals surface area contributed by atoms with Gasteiger partial charge in [0.1, 0.15) is 0 Å². The Balaban J connectivity index is 1.63. The summed E-state index contributed by atoms with van der Waals surface area (Å²) in [5, 5.41) is 2.57. The van der Waals surface area contributed by atoms with Gasteiger partial charge in [-0.05, 0) is 69.3 Å². The number of rotatable bonds is 7. The molecule has 1 amide bonds. The van der Waals surface area contributed by atoms with Gasteiger partial charge in [0.05, 0.1) is 10.5 Å². The number of amides is 1. The van der Waals surface area contributed by atoms with E-state index < -0.39 is 28.0 Å². The molecule has 0 aliphatic heterocycles. The Morgan fingerprint density at radius 3 is 2.24 bits per heavy atom. The minimum absolute atomic E-state index is 0.0271. The third-order valence-electron chi connectivity index (χ3n) is 4.42. The lowest BCUT2D eigenvalue weighted by Gasteiger charge is -2.14. The molecule has 0 saturated carbocycles. The van der Waals surface area contributed by atoms with Crippen molar-refractivity contribution in [2.75, 3.05) is 15.8 Å². The predicted molar refractivity (Wildman–Crippen MR) is 123 cm³/mol. The maximum absolute atomic E-state index is 12.6. The van der Waals surface area contributed by atoms with Crippen molar-refractivity contribution in [1.29, 1.82) is 0 Å². The van der Waals surface area contributed by atoms with E-state index in [-0.39, 0.29) is 16.4 Å². The minimum atomic E-state index is -3.93. The summed E-state index contributed by atoms with van der Waals surface area (Å²) in [6.07, 6.45) is -1.09. The van der Waals surface area contributed by atoms with Crippen LogP contribution in [0.5, 0.6) is 0 Å². The normalized spacial score (nSPS) is 12.0. The van der Waals surface area contributed by atoms with E-state index in [1.807, 2.05) is 0 Å². The molecule has 1 heterocycles. The van der Waals surface area contributed by atoms with Gasteiger partial charge in [0, 0.05) is 22.8 Å². The number of sulfonamides is 1. The van der Waals surface area contributed by atoms with Crippen molar-refractivity contribution < 1.29 is 22.7 Å². The van der Waals surface area contributed by atoms with Crippen LogP contribution < -0.4 is 15.8 Å². The smallest absolute Gasteiger partial charge is 0.338 e. The van der Waals surface area contributed by atoms with Gasteiger partial charge in [-0.3, -0.25) is 4.79 Å². The van der Waals surface area contributed by atoms with Gasteiger partial charge in [0.15, 0.2) is 6.10 Å². The molecule has 4 N–H and O–H groups in total. The van der Waals surface area contributed by atoms with Gasteiger partial charge in [-0.1, -0.05) is 6.07 Å². The summed E-state index contributed by atoms with van der Waals surface area (Å²) >= 11 is 0. The number of hydrogen-bond donors (Lipinski definition) is 3. The molecule has 1 unspecified atom stereocenters. The highest BCUT2D eigenvalue weighted by molar-refractivity contribution is 7.92. The molecule has 10 nitrogen and oxygen atoms in total. The Bertz CT molecular complexity index is 1270. The topological polar surface area (TPSA) is 153 Å². The zero-order chi connectivity index (χ0) is 24.2. The van der Waals surface area contributed by atoms with Crippen LogP contribution in [-0.4, -0.2) is 36.4 Å². The lowest BCUT2D eigenvalue weighted by Crippen LogP contribution is -2.30. The summed E-state index contributed by atoms with van der Waals surface area (Å²) < 4.78 is 32.7. The number of nitrogen functional groups attached to an aromatic ring is 1. The average Bonchev–Trinajstić information content (AvgIpc) is 2.73. The van der Waals surface area contributed by atoms with Crippen molar-refractivity contribution in [3.63, 3.8) is 0 Å². The summed E-state index contributed by atoms with van der Waals surface area (Å²) in [6.45, 7) is 4.89. The number of nitrogens with zero attached hydrogens (tertiary/aromatic N) is 2. The van der Waals surface area contributed by atoms with Crippen LogP contribution in [0.2, 0.25) is 0 Å². The van der Waals surface area contributed by atoms with Crippen LogP contribution in [0.3, 0.4) is 0 Å². The molecule has 33 heavy (non-hydrogen) atoms. The summed E-state index contributed by atoms with van der Waals surface area (Å²) in [5.74, 6) is -1.30. The lowest BCUT2D eigenvalue weighted by atomic mass is 10.2. The fourth-order valence-electron chi connectivity index (χ4n) is 2.86. The van der Waals surface area contributed by atoms with Gasteiger partial charge in [-0.15, -0.1) is 0 Å². The zero-order valence-corrected chi connectivity index (χ0v) is 19.0. The Kier molecular flexibility index (Phi) is 6.92. The Hall–Kier alpha value is -3.99. The number of nitrogens with one attached hydrogen (secondary N) is 2. The number of carbonyl (C=O) groups excluding carboxylic acids is 2. The number of anilines is 3. The van der Waals surface area contributed by atoms with Crippen molar-refractivity contribution in [1.82, 2.24) is 9.97 Å². The first-order valence-corrected chi connectivity index (χ1v) is 11.3. The van der Waals surface area contributed by atoms with Gasteiger partial charge >= 0.3 is 5.97 Å². The van der Waals surface area contributed by atoms with E-state index in [2.05, 4.69) is 20.0 Å². The molecular formula is C22H23N5O5S. The number of carbonyl (C=O) groups is 2. The van der Waals surface area contributed by atoms with Crippen LogP contribution >= 0.6 is 0 Å². The molecule has 11 heteroatoms. The molecule has 0 bridgehead atoms. The highest BCUT2D eigenvalue weighted by Gasteiger charge is 2.20. The van der Waals surface area contributed by atoms with Gasteiger partial charge in [0.25, 0.3) is 15.9 Å².